The van der Waals surface area contributed by atoms with Gasteiger partial charge in [0, 0.05) is 11.1 Å². The molecule has 0 radical (unpaired) electrons. The predicted molar refractivity (Wildman–Crippen MR) is 106 cm³/mol. The van der Waals surface area contributed by atoms with Crippen LogP contribution in [-0.2, 0) is 9.53 Å². The molecule has 1 heterocycles. The van der Waals surface area contributed by atoms with Crippen molar-refractivity contribution in [1.29, 1.82) is 0 Å². The number of halogens is 1. The van der Waals surface area contributed by atoms with E-state index < -0.39 is 12.1 Å². The number of methoxy groups -OCH3 is 1. The van der Waals surface area contributed by atoms with E-state index in [-0.39, 0.29) is 11.2 Å². The number of ether oxygens (including phenoxy) is 3. The Morgan fingerprint density at radius 1 is 1.11 bits per heavy atom. The van der Waals surface area contributed by atoms with Crippen LogP contribution in [0.2, 0.25) is 5.02 Å². The first-order valence-corrected chi connectivity index (χ1v) is 8.92. The van der Waals surface area contributed by atoms with Gasteiger partial charge >= 0.3 is 5.97 Å². The van der Waals surface area contributed by atoms with Crippen molar-refractivity contribution in [2.45, 2.75) is 26.9 Å². The van der Waals surface area contributed by atoms with Crippen LogP contribution in [0.25, 0.3) is 11.0 Å². The van der Waals surface area contributed by atoms with Crippen molar-refractivity contribution in [2.24, 2.45) is 0 Å². The molecule has 146 valence electrons. The van der Waals surface area contributed by atoms with E-state index in [4.69, 9.17) is 25.5 Å². The van der Waals surface area contributed by atoms with Gasteiger partial charge in [-0.05, 0) is 56.2 Å². The van der Waals surface area contributed by atoms with Crippen molar-refractivity contribution in [3.63, 3.8) is 0 Å². The molecule has 0 bridgehead atoms. The fraction of sp³-hybridized carbons (Fsp3) is 0.238. The Labute approximate surface area is 166 Å². The Hall–Kier alpha value is -2.99. The highest BCUT2D eigenvalue weighted by molar-refractivity contribution is 6.32. The lowest BCUT2D eigenvalue weighted by molar-refractivity contribution is -0.147. The lowest BCUT2D eigenvalue weighted by Gasteiger charge is -2.13. The van der Waals surface area contributed by atoms with Gasteiger partial charge in [0.25, 0.3) is 0 Å². The van der Waals surface area contributed by atoms with Gasteiger partial charge in [-0.15, -0.1) is 0 Å². The van der Waals surface area contributed by atoms with E-state index in [1.54, 1.807) is 31.2 Å². The van der Waals surface area contributed by atoms with Gasteiger partial charge in [-0.1, -0.05) is 11.6 Å². The maximum atomic E-state index is 12.7. The molecule has 3 aromatic rings. The number of fused-ring (bicyclic) bond motifs is 1. The van der Waals surface area contributed by atoms with Gasteiger partial charge in [-0.2, -0.15) is 0 Å². The van der Waals surface area contributed by atoms with Gasteiger partial charge < -0.3 is 18.6 Å². The number of carbonyl (C=O) groups is 1. The molecular formula is C21H19ClO6. The van der Waals surface area contributed by atoms with Gasteiger partial charge in [0.05, 0.1) is 12.5 Å². The van der Waals surface area contributed by atoms with Crippen LogP contribution < -0.4 is 14.9 Å². The summed E-state index contributed by atoms with van der Waals surface area (Å²) in [6, 6.07) is 8.19. The maximum Gasteiger partial charge on any atom is 0.346 e. The summed E-state index contributed by atoms with van der Waals surface area (Å²) in [6.45, 7) is 5.29. The zero-order valence-corrected chi connectivity index (χ0v) is 16.6. The lowest BCUT2D eigenvalue weighted by atomic mass is 10.1. The normalized spacial score (nSPS) is 11.9. The first-order valence-electron chi connectivity index (χ1n) is 8.54. The predicted octanol–water partition coefficient (Wildman–Crippen LogP) is 4.80. The van der Waals surface area contributed by atoms with Crippen molar-refractivity contribution in [3.8, 4) is 17.2 Å². The minimum atomic E-state index is -0.784. The first kappa shape index (κ1) is 19.8. The Bertz CT molecular complexity index is 1080. The smallest absolute Gasteiger partial charge is 0.346 e. The maximum absolute atomic E-state index is 12.7. The molecule has 0 N–H and O–H groups in total. The fourth-order valence-electron chi connectivity index (χ4n) is 2.74. The third-order valence-corrected chi connectivity index (χ3v) is 4.79. The van der Waals surface area contributed by atoms with Crippen LogP contribution in [-0.4, -0.2) is 19.2 Å². The molecule has 7 heteroatoms. The first-order chi connectivity index (χ1) is 13.3. The van der Waals surface area contributed by atoms with Crippen LogP contribution in [0.3, 0.4) is 0 Å². The Morgan fingerprint density at radius 2 is 1.79 bits per heavy atom. The number of benzene rings is 2. The van der Waals surface area contributed by atoms with E-state index in [2.05, 4.69) is 4.74 Å². The van der Waals surface area contributed by atoms with Crippen LogP contribution >= 0.6 is 11.6 Å². The summed E-state index contributed by atoms with van der Waals surface area (Å²) in [5.41, 5.74) is 1.70. The van der Waals surface area contributed by atoms with Crippen molar-refractivity contribution < 1.29 is 23.4 Å². The van der Waals surface area contributed by atoms with Gasteiger partial charge in [0.1, 0.15) is 23.3 Å². The molecule has 0 saturated carbocycles. The summed E-state index contributed by atoms with van der Waals surface area (Å²) in [7, 11) is 1.28. The fourth-order valence-corrected chi connectivity index (χ4v) is 2.85. The summed E-state index contributed by atoms with van der Waals surface area (Å²) >= 11 is 6.16. The topological polar surface area (TPSA) is 75.0 Å². The summed E-state index contributed by atoms with van der Waals surface area (Å²) < 4.78 is 21.4. The third kappa shape index (κ3) is 3.97. The molecule has 0 fully saturated rings. The van der Waals surface area contributed by atoms with Crippen LogP contribution in [0.4, 0.5) is 0 Å². The Balaban J connectivity index is 1.91. The number of carbonyl (C=O) groups excluding carboxylic acids is 1. The molecule has 0 aliphatic heterocycles. The number of hydrogen-bond donors (Lipinski definition) is 0. The van der Waals surface area contributed by atoms with Gasteiger partial charge in [-0.3, -0.25) is 4.79 Å². The van der Waals surface area contributed by atoms with Gasteiger partial charge in [0.15, 0.2) is 6.10 Å². The zero-order chi connectivity index (χ0) is 20.4. The van der Waals surface area contributed by atoms with E-state index in [1.165, 1.54) is 19.4 Å². The number of rotatable bonds is 5. The third-order valence-electron chi connectivity index (χ3n) is 4.20. The molecule has 2 aromatic carbocycles. The highest BCUT2D eigenvalue weighted by atomic mass is 35.5. The quantitative estimate of drug-likeness (QED) is 0.571. The molecule has 6 nitrogen and oxygen atoms in total. The minimum absolute atomic E-state index is 0.0604. The van der Waals surface area contributed by atoms with Crippen molar-refractivity contribution in [2.75, 3.05) is 7.11 Å². The number of esters is 1. The molecular weight excluding hydrogens is 384 g/mol. The summed E-state index contributed by atoms with van der Waals surface area (Å²) in [6.07, 6.45) is 0.463. The molecule has 0 spiro atoms. The average molecular weight is 403 g/mol. The molecule has 1 aromatic heterocycles. The van der Waals surface area contributed by atoms with E-state index in [1.807, 2.05) is 13.8 Å². The molecule has 0 aliphatic rings. The lowest BCUT2D eigenvalue weighted by Crippen LogP contribution is -2.24. The van der Waals surface area contributed by atoms with Crippen molar-refractivity contribution in [3.05, 3.63) is 63.0 Å². The van der Waals surface area contributed by atoms with Crippen LogP contribution in [0.1, 0.15) is 18.1 Å². The second-order valence-electron chi connectivity index (χ2n) is 6.34. The highest BCUT2D eigenvalue weighted by Crippen LogP contribution is 2.29. The zero-order valence-electron chi connectivity index (χ0n) is 15.9. The largest absolute Gasteiger partial charge is 0.479 e. The number of aryl methyl sites for hydroxylation is 2. The Morgan fingerprint density at radius 3 is 2.43 bits per heavy atom. The number of hydrogen-bond acceptors (Lipinski definition) is 6. The molecule has 1 atom stereocenters. The second kappa shape index (κ2) is 7.94. The SMILES string of the molecule is COC(=O)C(C)Oc1ccc2c(=O)c(Oc3cc(C)c(Cl)c(C)c3)coc2c1. The molecule has 0 saturated heterocycles. The van der Waals surface area contributed by atoms with Gasteiger partial charge in [0.2, 0.25) is 11.2 Å². The van der Waals surface area contributed by atoms with E-state index >= 15 is 0 Å². The Kier molecular flexibility index (Phi) is 5.61. The van der Waals surface area contributed by atoms with Crippen LogP contribution in [0, 0.1) is 13.8 Å². The van der Waals surface area contributed by atoms with Crippen molar-refractivity contribution in [1.82, 2.24) is 0 Å². The minimum Gasteiger partial charge on any atom is -0.479 e. The van der Waals surface area contributed by atoms with E-state index in [0.29, 0.717) is 27.5 Å². The summed E-state index contributed by atoms with van der Waals surface area (Å²) in [4.78, 5) is 24.2. The molecule has 3 rings (SSSR count). The van der Waals surface area contributed by atoms with E-state index in [9.17, 15) is 9.59 Å². The molecule has 28 heavy (non-hydrogen) atoms. The van der Waals surface area contributed by atoms with Crippen molar-refractivity contribution >= 4 is 28.5 Å². The monoisotopic (exact) mass is 402 g/mol. The standard InChI is InChI=1S/C21H19ClO6/c1-11-7-15(8-12(2)19(11)22)28-18-10-26-17-9-14(5-6-16(17)20(18)23)27-13(3)21(24)25-4/h5-10,13H,1-4H3. The molecule has 0 amide bonds. The molecule has 1 unspecified atom stereocenters. The second-order valence-corrected chi connectivity index (χ2v) is 6.72. The highest BCUT2D eigenvalue weighted by Gasteiger charge is 2.16. The average Bonchev–Trinajstić information content (AvgIpc) is 2.67. The summed E-state index contributed by atoms with van der Waals surface area (Å²) in [5.74, 6) is 0.438. The molecule has 0 aliphatic carbocycles. The van der Waals surface area contributed by atoms with Gasteiger partial charge in [-0.25, -0.2) is 4.79 Å². The van der Waals surface area contributed by atoms with Crippen LogP contribution in [0.5, 0.6) is 17.2 Å². The summed E-state index contributed by atoms with van der Waals surface area (Å²) in [5, 5.41) is 0.990. The van der Waals surface area contributed by atoms with Crippen LogP contribution in [0.15, 0.2) is 45.8 Å². The van der Waals surface area contributed by atoms with E-state index in [0.717, 1.165) is 11.1 Å².